The van der Waals surface area contributed by atoms with Crippen molar-refractivity contribution in [1.82, 2.24) is 0 Å². The molecule has 2 aliphatic heterocycles. The molecule has 2 heterocycles. The van der Waals surface area contributed by atoms with Gasteiger partial charge in [-0.05, 0) is 42.0 Å². The van der Waals surface area contributed by atoms with Crippen molar-refractivity contribution < 1.29 is 19.0 Å². The van der Waals surface area contributed by atoms with Crippen LogP contribution in [0.2, 0.25) is 0 Å². The van der Waals surface area contributed by atoms with Crippen molar-refractivity contribution in [3.05, 3.63) is 77.9 Å². The lowest BCUT2D eigenvalue weighted by atomic mass is 10.0. The van der Waals surface area contributed by atoms with Crippen molar-refractivity contribution in [1.29, 1.82) is 0 Å². The summed E-state index contributed by atoms with van der Waals surface area (Å²) in [6, 6.07) is 20.8. The Hall–Kier alpha value is -3.67. The first-order chi connectivity index (χ1) is 14.2. The van der Waals surface area contributed by atoms with Crippen molar-refractivity contribution in [3.8, 4) is 17.2 Å². The fraction of sp³-hybridized carbons (Fsp3) is 0.174. The summed E-state index contributed by atoms with van der Waals surface area (Å²) in [5, 5.41) is 3.50. The molecule has 1 atom stereocenters. The number of para-hydroxylation sites is 1. The van der Waals surface area contributed by atoms with Gasteiger partial charge in [0.05, 0.1) is 18.4 Å². The summed E-state index contributed by atoms with van der Waals surface area (Å²) >= 11 is 0. The van der Waals surface area contributed by atoms with E-state index >= 15 is 0 Å². The molecular formula is C23H20N2O4. The van der Waals surface area contributed by atoms with E-state index in [1.165, 1.54) is 0 Å². The van der Waals surface area contributed by atoms with Gasteiger partial charge in [0.1, 0.15) is 25.1 Å². The molecule has 0 fully saturated rings. The molecule has 0 saturated carbocycles. The summed E-state index contributed by atoms with van der Waals surface area (Å²) < 4.78 is 16.6. The van der Waals surface area contributed by atoms with Gasteiger partial charge in [0.25, 0.3) is 5.91 Å². The van der Waals surface area contributed by atoms with Crippen LogP contribution in [-0.4, -0.2) is 26.2 Å². The molecule has 5 rings (SSSR count). The van der Waals surface area contributed by atoms with Crippen LogP contribution in [-0.2, 0) is 0 Å². The molecule has 2 aliphatic rings. The number of amides is 1. The van der Waals surface area contributed by atoms with Gasteiger partial charge in [-0.1, -0.05) is 24.3 Å². The molecule has 3 aromatic rings. The molecule has 3 aromatic carbocycles. The lowest BCUT2D eigenvalue weighted by molar-refractivity contribution is 0.0974. The number of nitrogens with zero attached hydrogens (tertiary/aromatic N) is 1. The molecule has 1 N–H and O–H groups in total. The lowest BCUT2D eigenvalue weighted by Gasteiger charge is -2.38. The van der Waals surface area contributed by atoms with Crippen LogP contribution in [0.1, 0.15) is 22.1 Å². The Labute approximate surface area is 168 Å². The number of fused-ring (bicyclic) bond motifs is 2. The van der Waals surface area contributed by atoms with Crippen LogP contribution >= 0.6 is 0 Å². The third kappa shape index (κ3) is 3.02. The van der Waals surface area contributed by atoms with Crippen LogP contribution < -0.4 is 24.4 Å². The maximum atomic E-state index is 13.5. The van der Waals surface area contributed by atoms with Gasteiger partial charge in [-0.15, -0.1) is 0 Å². The first-order valence-electron chi connectivity index (χ1n) is 9.47. The van der Waals surface area contributed by atoms with Gasteiger partial charge < -0.3 is 19.5 Å². The van der Waals surface area contributed by atoms with E-state index < -0.39 is 0 Å². The van der Waals surface area contributed by atoms with E-state index in [1.807, 2.05) is 66.7 Å². The maximum absolute atomic E-state index is 13.5. The second kappa shape index (κ2) is 7.05. The van der Waals surface area contributed by atoms with Gasteiger partial charge in [-0.2, -0.15) is 0 Å². The second-order valence-corrected chi connectivity index (χ2v) is 6.87. The Morgan fingerprint density at radius 1 is 0.966 bits per heavy atom. The van der Waals surface area contributed by atoms with Crippen molar-refractivity contribution in [3.63, 3.8) is 0 Å². The highest BCUT2D eigenvalue weighted by Gasteiger charge is 2.34. The summed E-state index contributed by atoms with van der Waals surface area (Å²) in [6.07, 6.45) is -0.370. The van der Waals surface area contributed by atoms with E-state index in [1.54, 1.807) is 12.0 Å². The number of hydrogen-bond acceptors (Lipinski definition) is 5. The molecular weight excluding hydrogens is 368 g/mol. The Kier molecular flexibility index (Phi) is 4.24. The van der Waals surface area contributed by atoms with E-state index in [0.717, 1.165) is 22.7 Å². The van der Waals surface area contributed by atoms with E-state index in [9.17, 15) is 4.79 Å². The first-order valence-corrected chi connectivity index (χ1v) is 9.47. The molecule has 0 saturated heterocycles. The van der Waals surface area contributed by atoms with Crippen molar-refractivity contribution in [2.24, 2.45) is 0 Å². The number of methoxy groups -OCH3 is 1. The number of anilines is 2. The van der Waals surface area contributed by atoms with E-state index in [2.05, 4.69) is 5.32 Å². The average molecular weight is 388 g/mol. The quantitative estimate of drug-likeness (QED) is 0.727. The van der Waals surface area contributed by atoms with Crippen LogP contribution in [0.15, 0.2) is 66.7 Å². The number of ether oxygens (including phenoxy) is 3. The molecule has 0 aromatic heterocycles. The Morgan fingerprint density at radius 2 is 1.72 bits per heavy atom. The number of carbonyl (C=O) groups is 1. The monoisotopic (exact) mass is 388 g/mol. The van der Waals surface area contributed by atoms with E-state index in [0.29, 0.717) is 30.3 Å². The number of benzene rings is 3. The topological polar surface area (TPSA) is 60.0 Å². The smallest absolute Gasteiger partial charge is 0.262 e. The number of hydrogen-bond donors (Lipinski definition) is 1. The van der Waals surface area contributed by atoms with Crippen LogP contribution in [0.4, 0.5) is 11.4 Å². The fourth-order valence-corrected chi connectivity index (χ4v) is 3.72. The number of rotatable bonds is 3. The van der Waals surface area contributed by atoms with Crippen molar-refractivity contribution >= 4 is 17.3 Å². The van der Waals surface area contributed by atoms with Crippen LogP contribution in [0.3, 0.4) is 0 Å². The molecule has 6 heteroatoms. The molecule has 6 nitrogen and oxygen atoms in total. The van der Waals surface area contributed by atoms with Gasteiger partial charge in [-0.25, -0.2) is 0 Å². The normalized spacial score (nSPS) is 17.3. The highest BCUT2D eigenvalue weighted by molar-refractivity contribution is 6.12. The van der Waals surface area contributed by atoms with Crippen LogP contribution in [0.5, 0.6) is 17.2 Å². The molecule has 0 bridgehead atoms. The fourth-order valence-electron chi connectivity index (χ4n) is 3.72. The first kappa shape index (κ1) is 17.4. The Bertz CT molecular complexity index is 1060. The van der Waals surface area contributed by atoms with Crippen molar-refractivity contribution in [2.45, 2.75) is 6.17 Å². The largest absolute Gasteiger partial charge is 0.497 e. The predicted molar refractivity (Wildman–Crippen MR) is 110 cm³/mol. The van der Waals surface area contributed by atoms with Gasteiger partial charge in [0, 0.05) is 11.8 Å². The third-order valence-corrected chi connectivity index (χ3v) is 5.16. The van der Waals surface area contributed by atoms with Gasteiger partial charge in [0.2, 0.25) is 0 Å². The molecule has 29 heavy (non-hydrogen) atoms. The summed E-state index contributed by atoms with van der Waals surface area (Å²) in [4.78, 5) is 15.2. The van der Waals surface area contributed by atoms with Crippen LogP contribution in [0, 0.1) is 0 Å². The third-order valence-electron chi connectivity index (χ3n) is 5.16. The van der Waals surface area contributed by atoms with Gasteiger partial charge in [-0.3, -0.25) is 9.69 Å². The number of nitrogens with one attached hydrogen (secondary N) is 1. The van der Waals surface area contributed by atoms with E-state index in [4.69, 9.17) is 14.2 Å². The Morgan fingerprint density at radius 3 is 2.52 bits per heavy atom. The number of carbonyl (C=O) groups excluding carboxylic acids is 1. The molecule has 146 valence electrons. The lowest BCUT2D eigenvalue weighted by Crippen LogP contribution is -2.43. The predicted octanol–water partition coefficient (Wildman–Crippen LogP) is 4.24. The molecule has 0 spiro atoms. The van der Waals surface area contributed by atoms with E-state index in [-0.39, 0.29) is 12.1 Å². The minimum Gasteiger partial charge on any atom is -0.497 e. The molecule has 1 amide bonds. The summed E-state index contributed by atoms with van der Waals surface area (Å²) in [5.74, 6) is 2.03. The van der Waals surface area contributed by atoms with Gasteiger partial charge >= 0.3 is 0 Å². The average Bonchev–Trinajstić information content (AvgIpc) is 2.79. The van der Waals surface area contributed by atoms with Gasteiger partial charge in [0.15, 0.2) is 11.5 Å². The van der Waals surface area contributed by atoms with Crippen LogP contribution in [0.25, 0.3) is 0 Å². The zero-order chi connectivity index (χ0) is 19.8. The zero-order valence-electron chi connectivity index (χ0n) is 15.9. The minimum absolute atomic E-state index is 0.0724. The highest BCUT2D eigenvalue weighted by Crippen LogP contribution is 2.40. The zero-order valence-corrected chi connectivity index (χ0v) is 15.9. The summed E-state index contributed by atoms with van der Waals surface area (Å²) in [7, 11) is 1.63. The Balaban J connectivity index is 1.61. The van der Waals surface area contributed by atoms with Crippen molar-refractivity contribution in [2.75, 3.05) is 30.5 Å². The highest BCUT2D eigenvalue weighted by atomic mass is 16.6. The molecule has 0 aliphatic carbocycles. The molecule has 1 unspecified atom stereocenters. The summed E-state index contributed by atoms with van der Waals surface area (Å²) in [5.41, 5.74) is 3.13. The maximum Gasteiger partial charge on any atom is 0.262 e. The minimum atomic E-state index is -0.370. The standard InChI is InChI=1S/C23H20N2O4/c1-27-17-9-6-15(7-10-17)22-24-19-5-3-2-4-18(19)23(26)25(22)16-8-11-20-21(14-16)29-13-12-28-20/h2-11,14,22,24H,12-13H2,1H3. The summed E-state index contributed by atoms with van der Waals surface area (Å²) in [6.45, 7) is 1.02. The second-order valence-electron chi connectivity index (χ2n) is 6.87. The molecule has 0 radical (unpaired) electrons. The SMILES string of the molecule is COc1ccc(C2Nc3ccccc3C(=O)N2c2ccc3c(c2)OCCO3)cc1.